The highest BCUT2D eigenvalue weighted by molar-refractivity contribution is 6.43. The van der Waals surface area contributed by atoms with Crippen molar-refractivity contribution in [1.82, 2.24) is 9.80 Å². The summed E-state index contributed by atoms with van der Waals surface area (Å²) in [5, 5.41) is 0. The van der Waals surface area contributed by atoms with Gasteiger partial charge in [0.25, 0.3) is 0 Å². The summed E-state index contributed by atoms with van der Waals surface area (Å²) in [5.74, 6) is 0.641. The molecular weight excluding hydrogens is 386 g/mol. The Morgan fingerprint density at radius 2 is 1.61 bits per heavy atom. The molecule has 0 atom stereocenters. The number of likely N-dealkylation sites (N-methyl/N-ethyl adjacent to an activating group) is 1. The van der Waals surface area contributed by atoms with Gasteiger partial charge in [0.1, 0.15) is 11.4 Å². The van der Waals surface area contributed by atoms with Gasteiger partial charge in [-0.3, -0.25) is 4.79 Å². The van der Waals surface area contributed by atoms with E-state index in [4.69, 9.17) is 9.98 Å². The Bertz CT molecular complexity index is 1170. The second-order valence-corrected chi connectivity index (χ2v) is 8.65. The van der Waals surface area contributed by atoms with Crippen molar-refractivity contribution in [3.63, 3.8) is 0 Å². The van der Waals surface area contributed by atoms with Crippen molar-refractivity contribution < 1.29 is 4.79 Å². The summed E-state index contributed by atoms with van der Waals surface area (Å²) < 4.78 is 0. The van der Waals surface area contributed by atoms with Crippen molar-refractivity contribution in [1.29, 1.82) is 0 Å². The van der Waals surface area contributed by atoms with Crippen LogP contribution >= 0.6 is 0 Å². The van der Waals surface area contributed by atoms with Gasteiger partial charge in [0.05, 0.1) is 5.57 Å². The van der Waals surface area contributed by atoms with E-state index in [1.54, 1.807) is 0 Å². The minimum atomic E-state index is 0.0174. The first-order valence-corrected chi connectivity index (χ1v) is 10.7. The second kappa shape index (κ2) is 7.46. The molecule has 1 aliphatic carbocycles. The molecule has 1 saturated heterocycles. The first-order chi connectivity index (χ1) is 14.9. The fourth-order valence-corrected chi connectivity index (χ4v) is 4.46. The monoisotopic (exact) mass is 413 g/mol. The van der Waals surface area contributed by atoms with E-state index in [1.165, 1.54) is 5.69 Å². The minimum Gasteiger partial charge on any atom is -0.369 e. The van der Waals surface area contributed by atoms with Crippen molar-refractivity contribution in [3.8, 4) is 0 Å². The third kappa shape index (κ3) is 3.27. The molecule has 2 aromatic rings. The molecule has 2 aromatic carbocycles. The van der Waals surface area contributed by atoms with E-state index >= 15 is 0 Å². The quantitative estimate of drug-likeness (QED) is 0.759. The molecular formula is C25H27N5O. The Labute approximate surface area is 183 Å². The minimum absolute atomic E-state index is 0.0174. The van der Waals surface area contributed by atoms with Gasteiger partial charge >= 0.3 is 0 Å². The average molecular weight is 414 g/mol. The maximum atomic E-state index is 13.6. The largest absolute Gasteiger partial charge is 0.369 e. The summed E-state index contributed by atoms with van der Waals surface area (Å²) in [6.45, 7) is 6.24. The van der Waals surface area contributed by atoms with Gasteiger partial charge < -0.3 is 14.7 Å². The van der Waals surface area contributed by atoms with E-state index in [-0.39, 0.29) is 5.78 Å². The molecule has 31 heavy (non-hydrogen) atoms. The van der Waals surface area contributed by atoms with E-state index in [9.17, 15) is 4.79 Å². The van der Waals surface area contributed by atoms with Gasteiger partial charge in [-0.05, 0) is 37.2 Å². The van der Waals surface area contributed by atoms with Gasteiger partial charge in [-0.2, -0.15) is 0 Å². The highest BCUT2D eigenvalue weighted by Crippen LogP contribution is 2.38. The number of rotatable bonds is 2. The molecule has 0 amide bonds. The summed E-state index contributed by atoms with van der Waals surface area (Å²) >= 11 is 0. The number of aryl methyl sites for hydroxylation is 1. The van der Waals surface area contributed by atoms with Crippen LogP contribution in [0.2, 0.25) is 0 Å². The third-order valence-electron chi connectivity index (χ3n) is 6.29. The zero-order valence-electron chi connectivity index (χ0n) is 18.5. The zero-order valence-corrected chi connectivity index (χ0v) is 18.5. The Morgan fingerprint density at radius 1 is 0.903 bits per heavy atom. The summed E-state index contributed by atoms with van der Waals surface area (Å²) in [7, 11) is 6.00. The molecule has 6 heteroatoms. The molecule has 5 rings (SSSR count). The fourth-order valence-electron chi connectivity index (χ4n) is 4.46. The number of anilines is 1. The molecule has 0 radical (unpaired) electrons. The van der Waals surface area contributed by atoms with Crippen LogP contribution in [0.25, 0.3) is 5.57 Å². The zero-order chi connectivity index (χ0) is 21.7. The summed E-state index contributed by atoms with van der Waals surface area (Å²) in [4.78, 5) is 29.8. The summed E-state index contributed by atoms with van der Waals surface area (Å²) in [5.41, 5.74) is 6.90. The van der Waals surface area contributed by atoms with Gasteiger partial charge in [0.2, 0.25) is 5.96 Å². The van der Waals surface area contributed by atoms with Crippen molar-refractivity contribution >= 4 is 28.7 Å². The fraction of sp³-hybridized carbons (Fsp3) is 0.320. The van der Waals surface area contributed by atoms with Crippen LogP contribution in [0.1, 0.15) is 27.0 Å². The number of Topliss-reactive ketones (excluding diaryl/α,β-unsaturated/α-hetero) is 1. The van der Waals surface area contributed by atoms with E-state index < -0.39 is 0 Å². The number of fused-ring (bicyclic) bond motifs is 3. The van der Waals surface area contributed by atoms with Crippen LogP contribution in [-0.4, -0.2) is 74.6 Å². The molecule has 6 nitrogen and oxygen atoms in total. The number of hydrogen-bond acceptors (Lipinski definition) is 6. The number of piperazine rings is 1. The molecule has 0 unspecified atom stereocenters. The smallest absolute Gasteiger partial charge is 0.226 e. The molecule has 2 aliphatic heterocycles. The average Bonchev–Trinajstić information content (AvgIpc) is 3.21. The standard InChI is InChI=1S/C25H27N5O/c1-16-15-17(30-13-11-29(4)12-14-30)9-10-18(16)21-23-22(26-25(27-23)28(2)3)19-7-5-6-8-20(19)24(21)31/h5-10,15H,11-14H2,1-4H3. The predicted octanol–water partition coefficient (Wildman–Crippen LogP) is 3.07. The molecule has 0 aromatic heterocycles. The van der Waals surface area contributed by atoms with Crippen LogP contribution in [0.4, 0.5) is 5.69 Å². The first kappa shape index (κ1) is 19.7. The molecule has 158 valence electrons. The van der Waals surface area contributed by atoms with Crippen LogP contribution in [0.15, 0.2) is 58.1 Å². The van der Waals surface area contributed by atoms with Gasteiger partial charge in [-0.1, -0.05) is 30.3 Å². The third-order valence-corrected chi connectivity index (χ3v) is 6.29. The highest BCUT2D eigenvalue weighted by atomic mass is 16.1. The summed E-state index contributed by atoms with van der Waals surface area (Å²) in [6, 6.07) is 14.1. The molecule has 0 N–H and O–H groups in total. The number of hydrogen-bond donors (Lipinski definition) is 0. The molecule has 0 spiro atoms. The molecule has 3 aliphatic rings. The number of aliphatic imine (C=N–C) groups is 2. The molecule has 0 saturated carbocycles. The predicted molar refractivity (Wildman–Crippen MR) is 126 cm³/mol. The topological polar surface area (TPSA) is 51.5 Å². The van der Waals surface area contributed by atoms with Crippen LogP contribution in [0.5, 0.6) is 0 Å². The molecule has 2 heterocycles. The van der Waals surface area contributed by atoms with Crippen molar-refractivity contribution in [2.75, 3.05) is 52.2 Å². The number of carbonyl (C=O) groups excluding carboxylic acids is 1. The number of nitrogens with zero attached hydrogens (tertiary/aromatic N) is 5. The van der Waals surface area contributed by atoms with Gasteiger partial charge in [-0.15, -0.1) is 0 Å². The van der Waals surface area contributed by atoms with Crippen molar-refractivity contribution in [2.45, 2.75) is 6.92 Å². The maximum absolute atomic E-state index is 13.6. The number of benzene rings is 2. The highest BCUT2D eigenvalue weighted by Gasteiger charge is 2.35. The molecule has 0 bridgehead atoms. The summed E-state index contributed by atoms with van der Waals surface area (Å²) in [6.07, 6.45) is 0. The Morgan fingerprint density at radius 3 is 2.29 bits per heavy atom. The van der Waals surface area contributed by atoms with Gasteiger partial charge in [0.15, 0.2) is 5.78 Å². The maximum Gasteiger partial charge on any atom is 0.226 e. The Balaban J connectivity index is 1.61. The number of allylic oxidation sites excluding steroid dienone is 2. The lowest BCUT2D eigenvalue weighted by molar-refractivity contribution is 0.105. The van der Waals surface area contributed by atoms with Crippen molar-refractivity contribution in [3.05, 3.63) is 70.4 Å². The van der Waals surface area contributed by atoms with Crippen LogP contribution in [0, 0.1) is 6.92 Å². The van der Waals surface area contributed by atoms with Crippen LogP contribution < -0.4 is 4.90 Å². The second-order valence-electron chi connectivity index (χ2n) is 8.65. The van der Waals surface area contributed by atoms with Gasteiger partial charge in [-0.25, -0.2) is 9.98 Å². The van der Waals surface area contributed by atoms with E-state index in [2.05, 4.69) is 42.0 Å². The molecule has 1 fully saturated rings. The van der Waals surface area contributed by atoms with E-state index in [0.29, 0.717) is 22.8 Å². The number of ketones is 1. The first-order valence-electron chi connectivity index (χ1n) is 10.7. The lowest BCUT2D eigenvalue weighted by Gasteiger charge is -2.34. The van der Waals surface area contributed by atoms with Crippen molar-refractivity contribution in [2.24, 2.45) is 9.98 Å². The normalized spacial score (nSPS) is 18.6. The van der Waals surface area contributed by atoms with Gasteiger partial charge in [0, 0.05) is 57.1 Å². The van der Waals surface area contributed by atoms with E-state index in [1.807, 2.05) is 43.3 Å². The van der Waals surface area contributed by atoms with Crippen LogP contribution in [0.3, 0.4) is 0 Å². The lowest BCUT2D eigenvalue weighted by Crippen LogP contribution is -2.44. The van der Waals surface area contributed by atoms with E-state index in [0.717, 1.165) is 48.6 Å². The SMILES string of the molecule is Cc1cc(N2CCN(C)CC2)ccc1C1=C2N=C(N(C)C)N=C2c2ccccc2C1=O. The number of guanidine groups is 1. The Kier molecular flexibility index (Phi) is 4.74. The Hall–Kier alpha value is -3.25. The van der Waals surface area contributed by atoms with Crippen LogP contribution in [-0.2, 0) is 0 Å². The lowest BCUT2D eigenvalue weighted by atomic mass is 9.82. The number of carbonyl (C=O) groups is 1.